The maximum Gasteiger partial charge on any atom is 0.262 e. The molecule has 0 aliphatic carbocycles. The van der Waals surface area contributed by atoms with Crippen LogP contribution in [0.15, 0.2) is 36.4 Å². The third-order valence-electron chi connectivity index (χ3n) is 6.18. The zero-order chi connectivity index (χ0) is 25.3. The molecular weight excluding hydrogens is 434 g/mol. The van der Waals surface area contributed by atoms with Crippen molar-refractivity contribution in [3.63, 3.8) is 0 Å². The van der Waals surface area contributed by atoms with Crippen LogP contribution in [0.3, 0.4) is 0 Å². The van der Waals surface area contributed by atoms with Gasteiger partial charge >= 0.3 is 0 Å². The molecule has 1 aromatic carbocycles. The van der Waals surface area contributed by atoms with E-state index in [1.807, 2.05) is 70.2 Å². The molecule has 1 aromatic rings. The van der Waals surface area contributed by atoms with Gasteiger partial charge in [-0.25, -0.2) is 16.3 Å². The molecule has 188 valence electrons. The summed E-state index contributed by atoms with van der Waals surface area (Å²) in [7, 11) is 0. The van der Waals surface area contributed by atoms with Gasteiger partial charge < -0.3 is 0 Å². The predicted octanol–water partition coefficient (Wildman–Crippen LogP) is 2.48. The Morgan fingerprint density at radius 3 is 2.47 bits per heavy atom. The van der Waals surface area contributed by atoms with Crippen molar-refractivity contribution >= 4 is 23.8 Å². The van der Waals surface area contributed by atoms with Gasteiger partial charge in [0.2, 0.25) is 5.91 Å². The van der Waals surface area contributed by atoms with Crippen molar-refractivity contribution < 1.29 is 19.6 Å². The molecule has 1 aliphatic heterocycles. The van der Waals surface area contributed by atoms with Crippen LogP contribution in [0.1, 0.15) is 58.9 Å². The molecule has 1 saturated heterocycles. The Labute approximate surface area is 202 Å². The van der Waals surface area contributed by atoms with Gasteiger partial charge in [-0.2, -0.15) is 0 Å². The van der Waals surface area contributed by atoms with Crippen molar-refractivity contribution in [2.75, 3.05) is 13.1 Å². The molecule has 0 bridgehead atoms. The second kappa shape index (κ2) is 12.6. The van der Waals surface area contributed by atoms with Gasteiger partial charge in [-0.05, 0) is 36.7 Å². The van der Waals surface area contributed by atoms with Crippen LogP contribution < -0.4 is 16.7 Å². The van der Waals surface area contributed by atoms with Crippen LogP contribution in [-0.4, -0.2) is 52.1 Å². The molecule has 9 nitrogen and oxygen atoms in total. The SMILES string of the molecule is CCC[C@@](CC(C)C)(C(=O)NN)C(=O)N1CC(C)CN1[C@@H](C/C=C/c1ccccc1)C(=O)NO. The number of hydrazine groups is 2. The zero-order valence-corrected chi connectivity index (χ0v) is 20.7. The number of rotatable bonds is 11. The lowest BCUT2D eigenvalue weighted by Crippen LogP contribution is -2.60. The number of amides is 3. The fraction of sp³-hybridized carbons (Fsp3) is 0.560. The van der Waals surface area contributed by atoms with Crippen LogP contribution in [-0.2, 0) is 14.4 Å². The molecule has 2 rings (SSSR count). The first-order valence-corrected chi connectivity index (χ1v) is 11.9. The summed E-state index contributed by atoms with van der Waals surface area (Å²) in [5, 5.41) is 12.6. The van der Waals surface area contributed by atoms with Gasteiger partial charge in [-0.15, -0.1) is 0 Å². The maximum atomic E-state index is 14.0. The van der Waals surface area contributed by atoms with E-state index in [9.17, 15) is 19.6 Å². The standard InChI is InChI=1S/C25H39N5O4/c1-5-14-25(15-18(2)3,23(32)27-26)24(33)30-17-19(4)16-29(30)21(22(31)28-34)13-9-12-20-10-7-6-8-11-20/h6-12,18-19,21,34H,5,13-17,26H2,1-4H3,(H,27,32)(H,28,31)/b12-9+/t19?,21-,25+/m0/s1. The predicted molar refractivity (Wildman–Crippen MR) is 131 cm³/mol. The Hall–Kier alpha value is -2.75. The van der Waals surface area contributed by atoms with E-state index in [0.29, 0.717) is 32.4 Å². The van der Waals surface area contributed by atoms with Crippen LogP contribution in [0.2, 0.25) is 0 Å². The highest BCUT2D eigenvalue weighted by atomic mass is 16.5. The van der Waals surface area contributed by atoms with Crippen LogP contribution >= 0.6 is 0 Å². The van der Waals surface area contributed by atoms with Gasteiger partial charge in [0.1, 0.15) is 11.5 Å². The quantitative estimate of drug-likeness (QED) is 0.129. The summed E-state index contributed by atoms with van der Waals surface area (Å²) in [4.78, 5) is 39.7. The van der Waals surface area contributed by atoms with Gasteiger partial charge in [0, 0.05) is 13.1 Å². The maximum absolute atomic E-state index is 14.0. The molecule has 0 spiro atoms. The van der Waals surface area contributed by atoms with E-state index in [4.69, 9.17) is 5.84 Å². The summed E-state index contributed by atoms with van der Waals surface area (Å²) in [6.07, 6.45) is 5.32. The lowest BCUT2D eigenvalue weighted by molar-refractivity contribution is -0.168. The topological polar surface area (TPSA) is 128 Å². The van der Waals surface area contributed by atoms with Crippen LogP contribution in [0, 0.1) is 17.3 Å². The number of carbonyl (C=O) groups excluding carboxylic acids is 3. The Balaban J connectivity index is 2.40. The first kappa shape index (κ1) is 27.5. The first-order valence-electron chi connectivity index (χ1n) is 11.9. The van der Waals surface area contributed by atoms with Crippen LogP contribution in [0.4, 0.5) is 0 Å². The third kappa shape index (κ3) is 6.43. The largest absolute Gasteiger partial charge is 0.293 e. The van der Waals surface area contributed by atoms with E-state index >= 15 is 0 Å². The van der Waals surface area contributed by atoms with Gasteiger partial charge in [-0.1, -0.05) is 76.6 Å². The van der Waals surface area contributed by atoms with Crippen molar-refractivity contribution in [2.24, 2.45) is 23.1 Å². The summed E-state index contributed by atoms with van der Waals surface area (Å²) >= 11 is 0. The molecule has 1 unspecified atom stereocenters. The van der Waals surface area contributed by atoms with E-state index in [2.05, 4.69) is 5.43 Å². The molecule has 1 fully saturated rings. The number of hydroxylamine groups is 1. The van der Waals surface area contributed by atoms with Gasteiger partial charge in [0.25, 0.3) is 11.8 Å². The highest BCUT2D eigenvalue weighted by Crippen LogP contribution is 2.37. The Bertz CT molecular complexity index is 860. The third-order valence-corrected chi connectivity index (χ3v) is 6.18. The van der Waals surface area contributed by atoms with Crippen molar-refractivity contribution in [3.05, 3.63) is 42.0 Å². The van der Waals surface area contributed by atoms with Crippen molar-refractivity contribution in [3.8, 4) is 0 Å². The van der Waals surface area contributed by atoms with Crippen molar-refractivity contribution in [2.45, 2.75) is 59.4 Å². The molecule has 0 radical (unpaired) electrons. The summed E-state index contributed by atoms with van der Waals surface area (Å²) < 4.78 is 0. The molecule has 0 aromatic heterocycles. The van der Waals surface area contributed by atoms with Gasteiger partial charge in [0.05, 0.1) is 0 Å². The van der Waals surface area contributed by atoms with Crippen LogP contribution in [0.25, 0.3) is 6.08 Å². The Kier molecular flexibility index (Phi) is 10.2. The summed E-state index contributed by atoms with van der Waals surface area (Å²) in [6, 6.07) is 8.84. The number of hydrogen-bond acceptors (Lipinski definition) is 6. The normalized spacial score (nSPS) is 19.3. The summed E-state index contributed by atoms with van der Waals surface area (Å²) in [6.45, 7) is 8.65. The molecule has 3 atom stereocenters. The number of nitrogens with zero attached hydrogens (tertiary/aromatic N) is 2. The summed E-state index contributed by atoms with van der Waals surface area (Å²) in [5.74, 6) is 4.19. The first-order chi connectivity index (χ1) is 16.2. The lowest BCUT2D eigenvalue weighted by atomic mass is 9.74. The Morgan fingerprint density at radius 1 is 1.24 bits per heavy atom. The fourth-order valence-electron chi connectivity index (χ4n) is 4.82. The molecule has 0 saturated carbocycles. The second-order valence-electron chi connectivity index (χ2n) is 9.56. The van der Waals surface area contributed by atoms with Gasteiger partial charge in [-0.3, -0.25) is 30.0 Å². The van der Waals surface area contributed by atoms with E-state index in [1.54, 1.807) is 10.5 Å². The zero-order valence-electron chi connectivity index (χ0n) is 20.7. The highest BCUT2D eigenvalue weighted by Gasteiger charge is 2.51. The molecular formula is C25H39N5O4. The average Bonchev–Trinajstić information content (AvgIpc) is 3.21. The molecule has 1 aliphatic rings. The highest BCUT2D eigenvalue weighted by molar-refractivity contribution is 6.05. The Morgan fingerprint density at radius 2 is 1.91 bits per heavy atom. The smallest absolute Gasteiger partial charge is 0.262 e. The molecule has 34 heavy (non-hydrogen) atoms. The fourth-order valence-corrected chi connectivity index (χ4v) is 4.82. The number of benzene rings is 1. The second-order valence-corrected chi connectivity index (χ2v) is 9.56. The van der Waals surface area contributed by atoms with E-state index < -0.39 is 23.3 Å². The number of nitrogens with one attached hydrogen (secondary N) is 2. The number of carbonyl (C=O) groups is 3. The minimum absolute atomic E-state index is 0.0756. The van der Waals surface area contributed by atoms with Gasteiger partial charge in [0.15, 0.2) is 0 Å². The van der Waals surface area contributed by atoms with Crippen molar-refractivity contribution in [1.82, 2.24) is 20.9 Å². The molecule has 9 heteroatoms. The van der Waals surface area contributed by atoms with E-state index in [-0.39, 0.29) is 24.2 Å². The monoisotopic (exact) mass is 473 g/mol. The summed E-state index contributed by atoms with van der Waals surface area (Å²) in [5.41, 5.74) is 3.60. The van der Waals surface area contributed by atoms with Crippen molar-refractivity contribution in [1.29, 1.82) is 0 Å². The minimum atomic E-state index is -1.33. The van der Waals surface area contributed by atoms with Crippen LogP contribution in [0.5, 0.6) is 0 Å². The number of nitrogens with two attached hydrogens (primary N) is 1. The minimum Gasteiger partial charge on any atom is -0.293 e. The lowest BCUT2D eigenvalue weighted by Gasteiger charge is -2.40. The molecule has 1 heterocycles. The van der Waals surface area contributed by atoms with E-state index in [1.165, 1.54) is 5.01 Å². The average molecular weight is 474 g/mol. The molecule has 3 amide bonds. The molecule has 5 N–H and O–H groups in total. The number of hydrogen-bond donors (Lipinski definition) is 4. The van der Waals surface area contributed by atoms with E-state index in [0.717, 1.165) is 5.56 Å².